The normalized spacial score (nSPS) is 14.3. The van der Waals surface area contributed by atoms with E-state index < -0.39 is 0 Å². The molecular weight excluding hydrogens is 675 g/mol. The van der Waals surface area contributed by atoms with Gasteiger partial charge in [-0.25, -0.2) is 0 Å². The second kappa shape index (κ2) is 16.5. The van der Waals surface area contributed by atoms with Crippen LogP contribution >= 0.6 is 0 Å². The summed E-state index contributed by atoms with van der Waals surface area (Å²) in [7, 11) is 3.54. The van der Waals surface area contributed by atoms with Gasteiger partial charge in [-0.05, 0) is 32.8 Å². The van der Waals surface area contributed by atoms with Crippen molar-refractivity contribution in [2.45, 2.75) is 118 Å². The van der Waals surface area contributed by atoms with Gasteiger partial charge in [0.15, 0.2) is 0 Å². The van der Waals surface area contributed by atoms with E-state index in [-0.39, 0.29) is 72.7 Å². The molecule has 0 fully saturated rings. The summed E-state index contributed by atoms with van der Waals surface area (Å²) < 4.78 is 11.6. The van der Waals surface area contributed by atoms with E-state index in [0.717, 1.165) is 35.5 Å². The van der Waals surface area contributed by atoms with Crippen LogP contribution in [0.3, 0.4) is 0 Å². The minimum absolute atomic E-state index is 0. The Morgan fingerprint density at radius 1 is 0.511 bits per heavy atom. The van der Waals surface area contributed by atoms with Gasteiger partial charge in [0.05, 0.1) is 25.7 Å². The molecule has 0 unspecified atom stereocenters. The summed E-state index contributed by atoms with van der Waals surface area (Å²) in [4.78, 5) is 0. The SMILES string of the molecule is COc1c(C2=[C-]CC=C2)cc(C(C)(C)C)cc1C(C)(C)C.COc1c(C2=[C-]CC=C2)cc(C(C)(C)C)cc1C(C)(C)C.[Cl-].[Cl-].[Zr+4]. The molecule has 5 heteroatoms. The first-order chi connectivity index (χ1) is 19.3. The topological polar surface area (TPSA) is 18.5 Å². The zero-order valence-electron chi connectivity index (χ0n) is 30.1. The fraction of sp³-hybridized carbons (Fsp3) is 0.500. The molecular formula is C40H54Cl2O2Zr. The van der Waals surface area contributed by atoms with Crippen LogP contribution in [0.25, 0.3) is 11.1 Å². The first kappa shape index (κ1) is 43.5. The molecule has 0 heterocycles. The summed E-state index contributed by atoms with van der Waals surface area (Å²) in [6.45, 7) is 27.0. The van der Waals surface area contributed by atoms with Crippen LogP contribution in [-0.2, 0) is 47.9 Å². The van der Waals surface area contributed by atoms with E-state index in [1.807, 2.05) is 0 Å². The van der Waals surface area contributed by atoms with Crippen LogP contribution in [0.2, 0.25) is 0 Å². The molecule has 244 valence electrons. The first-order valence-electron chi connectivity index (χ1n) is 15.3. The molecule has 0 spiro atoms. The quantitative estimate of drug-likeness (QED) is 0.419. The third-order valence-corrected chi connectivity index (χ3v) is 7.90. The number of ether oxygens (including phenoxy) is 2. The number of hydrogen-bond acceptors (Lipinski definition) is 2. The van der Waals surface area contributed by atoms with Gasteiger partial charge >= 0.3 is 26.2 Å². The van der Waals surface area contributed by atoms with Crippen molar-refractivity contribution in [3.63, 3.8) is 0 Å². The Morgan fingerprint density at radius 3 is 1.02 bits per heavy atom. The van der Waals surface area contributed by atoms with Crippen LogP contribution in [0, 0.1) is 12.2 Å². The van der Waals surface area contributed by atoms with Crippen LogP contribution in [-0.4, -0.2) is 14.2 Å². The molecule has 2 aromatic rings. The van der Waals surface area contributed by atoms with Crippen molar-refractivity contribution in [1.29, 1.82) is 0 Å². The van der Waals surface area contributed by atoms with E-state index in [9.17, 15) is 0 Å². The summed E-state index contributed by atoms with van der Waals surface area (Å²) >= 11 is 0. The molecule has 0 bridgehead atoms. The average Bonchev–Trinajstić information content (AvgIpc) is 3.60. The van der Waals surface area contributed by atoms with Gasteiger partial charge in [-0.3, -0.25) is 0 Å². The molecule has 2 aromatic carbocycles. The van der Waals surface area contributed by atoms with Gasteiger partial charge in [0.25, 0.3) is 0 Å². The maximum Gasteiger partial charge on any atom is 4.00 e. The standard InChI is InChI=1S/2C20H27O.2ClH.Zr/c2*1-19(2,3)15-12-16(14-10-8-9-11-14)18(21-7)17(13-15)20(4,5)6;;;/h2*8,10,12-13H,9H2,1-7H3;2*1H;/q2*-1;;;+4/p-2. The smallest absolute Gasteiger partial charge is 1.00 e. The van der Waals surface area contributed by atoms with Gasteiger partial charge in [-0.15, -0.1) is 24.3 Å². The van der Waals surface area contributed by atoms with Gasteiger partial charge in [0.2, 0.25) is 0 Å². The van der Waals surface area contributed by atoms with E-state index >= 15 is 0 Å². The number of halogens is 2. The largest absolute Gasteiger partial charge is 4.00 e. The maximum absolute atomic E-state index is 5.79. The van der Waals surface area contributed by atoms with Crippen LogP contribution in [0.4, 0.5) is 0 Å². The van der Waals surface area contributed by atoms with E-state index in [4.69, 9.17) is 9.47 Å². The molecule has 0 amide bonds. The van der Waals surface area contributed by atoms with E-state index in [1.54, 1.807) is 14.2 Å². The fourth-order valence-electron chi connectivity index (χ4n) is 5.26. The average molecular weight is 729 g/mol. The van der Waals surface area contributed by atoms with Crippen molar-refractivity contribution in [1.82, 2.24) is 0 Å². The maximum atomic E-state index is 5.79. The number of methoxy groups -OCH3 is 2. The summed E-state index contributed by atoms with van der Waals surface area (Å²) in [6.07, 6.45) is 17.2. The van der Waals surface area contributed by atoms with Gasteiger partial charge < -0.3 is 34.3 Å². The minimum atomic E-state index is 0. The van der Waals surface area contributed by atoms with Gasteiger partial charge in [0, 0.05) is 0 Å². The first-order valence-corrected chi connectivity index (χ1v) is 15.3. The third kappa shape index (κ3) is 10.7. The molecule has 2 nitrogen and oxygen atoms in total. The van der Waals surface area contributed by atoms with Crippen molar-refractivity contribution in [3.8, 4) is 11.5 Å². The molecule has 0 radical (unpaired) electrons. The summed E-state index contributed by atoms with van der Waals surface area (Å²) in [5, 5.41) is 0. The number of hydrogen-bond donors (Lipinski definition) is 0. The molecule has 0 saturated carbocycles. The Kier molecular flexibility index (Phi) is 16.0. The van der Waals surface area contributed by atoms with Crippen molar-refractivity contribution < 1.29 is 60.5 Å². The van der Waals surface area contributed by atoms with Crippen molar-refractivity contribution in [2.24, 2.45) is 0 Å². The predicted molar refractivity (Wildman–Crippen MR) is 182 cm³/mol. The molecule has 0 N–H and O–H groups in total. The molecule has 0 aliphatic heterocycles. The van der Waals surface area contributed by atoms with Crippen molar-refractivity contribution in [2.75, 3.05) is 14.2 Å². The van der Waals surface area contributed by atoms with E-state index in [2.05, 4.69) is 144 Å². The zero-order chi connectivity index (χ0) is 31.7. The Balaban J connectivity index is 0.000000807. The predicted octanol–water partition coefficient (Wildman–Crippen LogP) is 4.88. The van der Waals surface area contributed by atoms with Crippen LogP contribution < -0.4 is 34.3 Å². The van der Waals surface area contributed by atoms with Gasteiger partial charge in [-0.1, -0.05) is 130 Å². The third-order valence-electron chi connectivity index (χ3n) is 7.90. The second-order valence-electron chi connectivity index (χ2n) is 15.6. The van der Waals surface area contributed by atoms with Gasteiger partial charge in [-0.2, -0.15) is 35.5 Å². The summed E-state index contributed by atoms with van der Waals surface area (Å²) in [6, 6.07) is 9.15. The number of rotatable bonds is 4. The second-order valence-corrected chi connectivity index (χ2v) is 15.6. The minimum Gasteiger partial charge on any atom is -1.00 e. The molecule has 0 saturated heterocycles. The summed E-state index contributed by atoms with van der Waals surface area (Å²) in [5.74, 6) is 1.98. The molecule has 45 heavy (non-hydrogen) atoms. The monoisotopic (exact) mass is 726 g/mol. The molecule has 0 aromatic heterocycles. The van der Waals surface area contributed by atoms with Crippen LogP contribution in [0.15, 0.2) is 48.6 Å². The Labute approximate surface area is 307 Å². The molecule has 4 rings (SSSR count). The molecule has 0 atom stereocenters. The molecule has 2 aliphatic rings. The van der Waals surface area contributed by atoms with Crippen LogP contribution in [0.1, 0.15) is 129 Å². The zero-order valence-corrected chi connectivity index (χ0v) is 34.1. The van der Waals surface area contributed by atoms with E-state index in [1.165, 1.54) is 33.4 Å². The number of benzene rings is 2. The summed E-state index contributed by atoms with van der Waals surface area (Å²) in [5.41, 5.74) is 10.2. The van der Waals surface area contributed by atoms with E-state index in [0.29, 0.717) is 0 Å². The Morgan fingerprint density at radius 2 is 0.822 bits per heavy atom. The Bertz CT molecular complexity index is 1310. The fourth-order valence-corrected chi connectivity index (χ4v) is 5.26. The number of allylic oxidation sites excluding steroid dienone is 8. The Hall–Kier alpha value is -1.54. The molecule has 2 aliphatic carbocycles. The van der Waals surface area contributed by atoms with Crippen molar-refractivity contribution in [3.05, 3.63) is 94.1 Å². The van der Waals surface area contributed by atoms with Crippen LogP contribution in [0.5, 0.6) is 11.5 Å². The van der Waals surface area contributed by atoms with Crippen molar-refractivity contribution >= 4 is 11.1 Å². The van der Waals surface area contributed by atoms with Gasteiger partial charge in [0.1, 0.15) is 0 Å².